The van der Waals surface area contributed by atoms with Crippen molar-refractivity contribution in [3.63, 3.8) is 0 Å². The topological polar surface area (TPSA) is 44.1 Å². The second-order valence-corrected chi connectivity index (χ2v) is 5.48. The smallest absolute Gasteiger partial charge is 0.0803 e. The molecule has 0 unspecified atom stereocenters. The van der Waals surface area contributed by atoms with E-state index in [1.54, 1.807) is 0 Å². The lowest BCUT2D eigenvalue weighted by molar-refractivity contribution is 0.300. The lowest BCUT2D eigenvalue weighted by Crippen LogP contribution is -2.35. The Morgan fingerprint density at radius 1 is 0.818 bits per heavy atom. The van der Waals surface area contributed by atoms with E-state index in [1.807, 2.05) is 48.6 Å². The first-order chi connectivity index (χ1) is 10.8. The fourth-order valence-corrected chi connectivity index (χ4v) is 3.06. The molecule has 0 bridgehead atoms. The molecule has 1 aliphatic carbocycles. The molecule has 0 fully saturated rings. The largest absolute Gasteiger partial charge is 0.396 e. The Bertz CT molecular complexity index is 674. The van der Waals surface area contributed by atoms with Gasteiger partial charge in [-0.1, -0.05) is 72.8 Å². The minimum absolute atomic E-state index is 0.114. The van der Waals surface area contributed by atoms with Gasteiger partial charge in [-0.15, -0.1) is 0 Å². The molecule has 0 spiro atoms. The molecule has 1 aliphatic rings. The highest BCUT2D eigenvalue weighted by Gasteiger charge is 2.37. The molecule has 0 saturated carbocycles. The van der Waals surface area contributed by atoms with Crippen LogP contribution in [-0.2, 0) is 5.41 Å². The lowest BCUT2D eigenvalue weighted by Gasteiger charge is -2.34. The summed E-state index contributed by atoms with van der Waals surface area (Å²) < 4.78 is 0. The van der Waals surface area contributed by atoms with Gasteiger partial charge in [-0.3, -0.25) is 0 Å². The molecule has 2 nitrogen and oxygen atoms in total. The van der Waals surface area contributed by atoms with Gasteiger partial charge in [0.2, 0.25) is 0 Å². The van der Waals surface area contributed by atoms with E-state index in [-0.39, 0.29) is 6.61 Å². The fraction of sp³-hybridized carbons (Fsp3) is 0.150. The molecule has 0 amide bonds. The molecular weight excluding hydrogens is 270 g/mol. The van der Waals surface area contributed by atoms with E-state index in [9.17, 15) is 5.11 Å². The summed E-state index contributed by atoms with van der Waals surface area (Å²) in [5.74, 6) is 0. The van der Waals surface area contributed by atoms with Crippen molar-refractivity contribution >= 4 is 5.71 Å². The minimum Gasteiger partial charge on any atom is -0.396 e. The van der Waals surface area contributed by atoms with Gasteiger partial charge < -0.3 is 10.5 Å². The van der Waals surface area contributed by atoms with Crippen molar-refractivity contribution in [1.82, 2.24) is 0 Å². The average molecular weight is 289 g/mol. The van der Waals surface area contributed by atoms with E-state index < -0.39 is 5.41 Å². The van der Waals surface area contributed by atoms with Crippen LogP contribution in [0.25, 0.3) is 0 Å². The number of aliphatic hydroxyl groups is 1. The molecule has 2 aromatic rings. The van der Waals surface area contributed by atoms with Crippen LogP contribution in [0.2, 0.25) is 0 Å². The van der Waals surface area contributed by atoms with Crippen LogP contribution in [0, 0.1) is 5.41 Å². The maximum atomic E-state index is 9.27. The Kier molecular flexibility index (Phi) is 4.03. The summed E-state index contributed by atoms with van der Waals surface area (Å²) in [6.07, 6.45) is 6.51. The van der Waals surface area contributed by atoms with Gasteiger partial charge in [0, 0.05) is 6.61 Å². The van der Waals surface area contributed by atoms with Crippen LogP contribution in [-0.4, -0.2) is 17.4 Å². The molecule has 0 atom stereocenters. The first kappa shape index (κ1) is 14.5. The van der Waals surface area contributed by atoms with Crippen molar-refractivity contribution in [2.45, 2.75) is 11.8 Å². The van der Waals surface area contributed by atoms with Crippen molar-refractivity contribution in [1.29, 1.82) is 5.41 Å². The van der Waals surface area contributed by atoms with Crippen LogP contribution in [0.5, 0.6) is 0 Å². The zero-order chi connectivity index (χ0) is 15.4. The lowest BCUT2D eigenvalue weighted by atomic mass is 9.67. The molecule has 3 rings (SSSR count). The summed E-state index contributed by atoms with van der Waals surface area (Å²) in [7, 11) is 0. The van der Waals surface area contributed by atoms with Gasteiger partial charge in [0.05, 0.1) is 11.1 Å². The molecule has 0 radical (unpaired) electrons. The van der Waals surface area contributed by atoms with Gasteiger partial charge in [-0.2, -0.15) is 0 Å². The molecule has 0 aliphatic heterocycles. The van der Waals surface area contributed by atoms with Crippen LogP contribution in [0.3, 0.4) is 0 Å². The highest BCUT2D eigenvalue weighted by molar-refractivity contribution is 6.07. The summed E-state index contributed by atoms with van der Waals surface area (Å²) in [5, 5.41) is 17.9. The van der Waals surface area contributed by atoms with Crippen molar-refractivity contribution in [2.24, 2.45) is 0 Å². The van der Waals surface area contributed by atoms with Crippen molar-refractivity contribution in [3.05, 3.63) is 95.6 Å². The summed E-state index contributed by atoms with van der Waals surface area (Å²) in [4.78, 5) is 0. The second-order valence-electron chi connectivity index (χ2n) is 5.48. The first-order valence-electron chi connectivity index (χ1n) is 7.48. The normalized spacial score (nSPS) is 16.4. The van der Waals surface area contributed by atoms with E-state index >= 15 is 0 Å². The molecule has 2 N–H and O–H groups in total. The van der Waals surface area contributed by atoms with Gasteiger partial charge in [-0.25, -0.2) is 0 Å². The molecule has 0 aromatic heterocycles. The van der Waals surface area contributed by atoms with Gasteiger partial charge in [-0.05, 0) is 29.2 Å². The second kappa shape index (κ2) is 6.12. The monoisotopic (exact) mass is 289 g/mol. The van der Waals surface area contributed by atoms with Gasteiger partial charge >= 0.3 is 0 Å². The molecular formula is C20H19NO. The van der Waals surface area contributed by atoms with E-state index in [0.29, 0.717) is 12.1 Å². The maximum absolute atomic E-state index is 9.27. The zero-order valence-electron chi connectivity index (χ0n) is 12.4. The summed E-state index contributed by atoms with van der Waals surface area (Å²) in [5.41, 5.74) is 3.18. The highest BCUT2D eigenvalue weighted by atomic mass is 16.2. The Hall–Kier alpha value is -2.45. The van der Waals surface area contributed by atoms with Gasteiger partial charge in [0.15, 0.2) is 0 Å². The van der Waals surface area contributed by atoms with E-state index in [2.05, 4.69) is 30.3 Å². The SMILES string of the molecule is N=C1C=CC(CCO)=CC1(c1ccccc1)c1ccccc1. The molecule has 2 aromatic carbocycles. The number of allylic oxidation sites excluding steroid dienone is 3. The molecule has 0 saturated heterocycles. The zero-order valence-corrected chi connectivity index (χ0v) is 12.4. The van der Waals surface area contributed by atoms with Crippen LogP contribution < -0.4 is 0 Å². The van der Waals surface area contributed by atoms with Gasteiger partial charge in [0.1, 0.15) is 0 Å². The maximum Gasteiger partial charge on any atom is 0.0803 e. The number of rotatable bonds is 4. The fourth-order valence-electron chi connectivity index (χ4n) is 3.06. The Morgan fingerprint density at radius 2 is 1.36 bits per heavy atom. The summed E-state index contributed by atoms with van der Waals surface area (Å²) >= 11 is 0. The molecule has 110 valence electrons. The van der Waals surface area contributed by atoms with E-state index in [0.717, 1.165) is 16.7 Å². The predicted octanol–water partition coefficient (Wildman–Crippen LogP) is 3.87. The summed E-state index contributed by atoms with van der Waals surface area (Å²) in [6.45, 7) is 0.114. The highest BCUT2D eigenvalue weighted by Crippen LogP contribution is 2.39. The van der Waals surface area contributed by atoms with Crippen LogP contribution in [0.1, 0.15) is 17.5 Å². The van der Waals surface area contributed by atoms with Crippen LogP contribution in [0.15, 0.2) is 84.5 Å². The van der Waals surface area contributed by atoms with Crippen LogP contribution in [0.4, 0.5) is 0 Å². The van der Waals surface area contributed by atoms with Gasteiger partial charge in [0.25, 0.3) is 0 Å². The number of benzene rings is 2. The van der Waals surface area contributed by atoms with Crippen molar-refractivity contribution in [3.8, 4) is 0 Å². The Morgan fingerprint density at radius 3 is 1.86 bits per heavy atom. The van der Waals surface area contributed by atoms with E-state index in [1.165, 1.54) is 0 Å². The molecule has 22 heavy (non-hydrogen) atoms. The quantitative estimate of drug-likeness (QED) is 0.881. The average Bonchev–Trinajstić information content (AvgIpc) is 2.58. The number of hydrogen-bond acceptors (Lipinski definition) is 2. The summed E-state index contributed by atoms with van der Waals surface area (Å²) in [6, 6.07) is 20.3. The van der Waals surface area contributed by atoms with Crippen molar-refractivity contribution in [2.75, 3.05) is 6.61 Å². The van der Waals surface area contributed by atoms with Crippen LogP contribution >= 0.6 is 0 Å². The Balaban J connectivity index is 2.24. The molecule has 0 heterocycles. The number of nitrogens with one attached hydrogen (secondary N) is 1. The third-order valence-corrected chi connectivity index (χ3v) is 4.15. The minimum atomic E-state index is -0.582. The first-order valence-corrected chi connectivity index (χ1v) is 7.48. The molecule has 2 heteroatoms. The number of hydrogen-bond donors (Lipinski definition) is 2. The number of aliphatic hydroxyl groups excluding tert-OH is 1. The predicted molar refractivity (Wildman–Crippen MR) is 90.3 cm³/mol. The Labute approximate surface area is 131 Å². The van der Waals surface area contributed by atoms with Crippen molar-refractivity contribution < 1.29 is 5.11 Å². The third-order valence-electron chi connectivity index (χ3n) is 4.15. The van der Waals surface area contributed by atoms with E-state index in [4.69, 9.17) is 5.41 Å². The third kappa shape index (κ3) is 2.42. The standard InChI is InChI=1S/C20H19NO/c21-19-12-11-16(13-14-22)15-20(19,17-7-3-1-4-8-17)18-9-5-2-6-10-18/h1-12,15,21-22H,13-14H2.